The molecule has 1 aromatic carbocycles. The fraction of sp³-hybridized carbons (Fsp3) is 0.231. The van der Waals surface area contributed by atoms with Crippen LogP contribution in [0.1, 0.15) is 13.8 Å². The number of cyclic esters (lactones) is 2. The van der Waals surface area contributed by atoms with Gasteiger partial charge >= 0.3 is 11.9 Å². The van der Waals surface area contributed by atoms with Gasteiger partial charge in [0.1, 0.15) is 0 Å². The van der Waals surface area contributed by atoms with Crippen LogP contribution in [-0.4, -0.2) is 17.7 Å². The Hall–Kier alpha value is -2.01. The third-order valence-corrected chi connectivity index (χ3v) is 2.56. The van der Waals surface area contributed by atoms with Crippen LogP contribution in [0.5, 0.6) is 0 Å². The Bertz CT molecular complexity index is 544. The van der Waals surface area contributed by atoms with Gasteiger partial charge in [-0.2, -0.15) is 0 Å². The molecule has 1 aliphatic heterocycles. The molecule has 6 heteroatoms. The average molecular weight is 284 g/mol. The second kappa shape index (κ2) is 4.93. The number of anilines is 1. The summed E-state index contributed by atoms with van der Waals surface area (Å²) in [6.07, 6.45) is 1.24. The van der Waals surface area contributed by atoms with Crippen molar-refractivity contribution in [1.29, 1.82) is 0 Å². The third kappa shape index (κ3) is 3.26. The molecule has 0 aliphatic carbocycles. The highest BCUT2D eigenvalue weighted by Gasteiger charge is 2.38. The Labute approximate surface area is 115 Å². The van der Waals surface area contributed by atoms with Crippen molar-refractivity contribution >= 4 is 29.2 Å². The summed E-state index contributed by atoms with van der Waals surface area (Å²) >= 11 is 5.82. The van der Waals surface area contributed by atoms with E-state index in [9.17, 15) is 9.59 Å². The largest absolute Gasteiger partial charge is 0.419 e. The summed E-state index contributed by atoms with van der Waals surface area (Å²) in [7, 11) is 0. The Morgan fingerprint density at radius 1 is 1.26 bits per heavy atom. The summed E-state index contributed by atoms with van der Waals surface area (Å²) < 4.78 is 9.91. The van der Waals surface area contributed by atoms with E-state index < -0.39 is 17.7 Å². The van der Waals surface area contributed by atoms with E-state index in [2.05, 4.69) is 5.32 Å². The lowest BCUT2D eigenvalue weighted by molar-refractivity contribution is -0.222. The molecule has 2 rings (SSSR count). The van der Waals surface area contributed by atoms with Crippen molar-refractivity contribution in [1.82, 2.24) is 0 Å². The second-order valence-electron chi connectivity index (χ2n) is 4.39. The number of benzene rings is 1. The zero-order valence-corrected chi connectivity index (χ0v) is 11.2. The first-order valence-corrected chi connectivity index (χ1v) is 5.94. The lowest BCUT2D eigenvalue weighted by Gasteiger charge is -2.29. The molecule has 100 valence electrons. The van der Waals surface area contributed by atoms with Gasteiger partial charge in [-0.15, -0.1) is 0 Å². The minimum atomic E-state index is -1.23. The molecule has 19 heavy (non-hydrogen) atoms. The van der Waals surface area contributed by atoms with Crippen molar-refractivity contribution in [3.8, 4) is 0 Å². The lowest BCUT2D eigenvalue weighted by Crippen LogP contribution is -2.42. The Morgan fingerprint density at radius 2 is 1.89 bits per heavy atom. The van der Waals surface area contributed by atoms with Crippen LogP contribution < -0.4 is 5.32 Å². The van der Waals surface area contributed by atoms with Gasteiger partial charge in [-0.25, -0.2) is 9.59 Å². The summed E-state index contributed by atoms with van der Waals surface area (Å²) in [5.74, 6) is -2.69. The van der Waals surface area contributed by atoms with Gasteiger partial charge in [0.15, 0.2) is 5.57 Å². The quantitative estimate of drug-likeness (QED) is 0.513. The highest BCUT2D eigenvalue weighted by molar-refractivity contribution is 6.30. The molecule has 0 aromatic heterocycles. The minimum Gasteiger partial charge on any atom is -0.419 e. The maximum atomic E-state index is 11.7. The molecular formula is C13H12ClNO4. The number of halogens is 1. The smallest absolute Gasteiger partial charge is 0.350 e. The molecule has 0 bridgehead atoms. The van der Waals surface area contributed by atoms with Crippen molar-refractivity contribution in [3.63, 3.8) is 0 Å². The summed E-state index contributed by atoms with van der Waals surface area (Å²) in [5, 5.41) is 3.34. The number of hydrogen-bond donors (Lipinski definition) is 1. The zero-order valence-electron chi connectivity index (χ0n) is 10.4. The molecule has 1 aliphatic rings. The van der Waals surface area contributed by atoms with Crippen LogP contribution in [0, 0.1) is 0 Å². The summed E-state index contributed by atoms with van der Waals surface area (Å²) in [5.41, 5.74) is 0.449. The van der Waals surface area contributed by atoms with Gasteiger partial charge in [0, 0.05) is 30.8 Å². The van der Waals surface area contributed by atoms with E-state index in [0.29, 0.717) is 10.7 Å². The van der Waals surface area contributed by atoms with Gasteiger partial charge in [-0.05, 0) is 18.2 Å². The van der Waals surface area contributed by atoms with Gasteiger partial charge < -0.3 is 14.8 Å². The maximum absolute atomic E-state index is 11.7. The molecule has 1 aromatic rings. The van der Waals surface area contributed by atoms with Gasteiger partial charge in [-0.3, -0.25) is 0 Å². The molecule has 0 atom stereocenters. The van der Waals surface area contributed by atoms with E-state index >= 15 is 0 Å². The van der Waals surface area contributed by atoms with Crippen molar-refractivity contribution in [2.45, 2.75) is 19.6 Å². The van der Waals surface area contributed by atoms with Crippen molar-refractivity contribution in [2.75, 3.05) is 5.32 Å². The zero-order chi connectivity index (χ0) is 14.0. The van der Waals surface area contributed by atoms with E-state index in [4.69, 9.17) is 21.1 Å². The first kappa shape index (κ1) is 13.4. The van der Waals surface area contributed by atoms with Crippen LogP contribution >= 0.6 is 11.6 Å². The number of rotatable bonds is 2. The molecule has 0 radical (unpaired) electrons. The van der Waals surface area contributed by atoms with Gasteiger partial charge in [-0.1, -0.05) is 17.7 Å². The molecule has 0 saturated carbocycles. The lowest BCUT2D eigenvalue weighted by atomic mass is 10.3. The molecule has 0 amide bonds. The molecule has 1 heterocycles. The molecule has 5 nitrogen and oxygen atoms in total. The van der Waals surface area contributed by atoms with Crippen LogP contribution in [0.15, 0.2) is 36.0 Å². The summed E-state index contributed by atoms with van der Waals surface area (Å²) in [4.78, 5) is 23.3. The standard InChI is InChI=1S/C13H12ClNO4/c1-13(2)18-11(16)10(12(17)19-13)7-15-9-5-3-4-8(14)6-9/h3-7,15H,1-2H3/i10+2. The fourth-order valence-corrected chi connectivity index (χ4v) is 1.70. The Balaban J connectivity index is 2.15. The highest BCUT2D eigenvalue weighted by atomic mass is 35.5. The second-order valence-corrected chi connectivity index (χ2v) is 4.83. The number of carbonyl (C=O) groups excluding carboxylic acids is 2. The maximum Gasteiger partial charge on any atom is 0.350 e. The Kier molecular flexibility index (Phi) is 3.48. The van der Waals surface area contributed by atoms with E-state index in [0.717, 1.165) is 0 Å². The summed E-state index contributed by atoms with van der Waals surface area (Å²) in [6.45, 7) is 2.98. The minimum absolute atomic E-state index is 0.195. The van der Waals surface area contributed by atoms with E-state index in [1.165, 1.54) is 20.0 Å². The fourth-order valence-electron chi connectivity index (χ4n) is 1.51. The molecule has 0 unspecified atom stereocenters. The predicted octanol–water partition coefficient (Wildman–Crippen LogP) is 2.47. The van der Waals surface area contributed by atoms with Crippen LogP contribution in [0.2, 0.25) is 5.02 Å². The van der Waals surface area contributed by atoms with Crippen molar-refractivity contribution in [3.05, 3.63) is 41.1 Å². The molecule has 1 saturated heterocycles. The topological polar surface area (TPSA) is 64.6 Å². The highest BCUT2D eigenvalue weighted by Crippen LogP contribution is 2.23. The first-order valence-electron chi connectivity index (χ1n) is 5.56. The first-order chi connectivity index (χ1) is 8.87. The number of esters is 2. The van der Waals surface area contributed by atoms with Crippen LogP contribution in [0.4, 0.5) is 5.69 Å². The third-order valence-electron chi connectivity index (χ3n) is 2.32. The summed E-state index contributed by atoms with van der Waals surface area (Å²) in [6, 6.07) is 6.85. The van der Waals surface area contributed by atoms with E-state index in [-0.39, 0.29) is 5.57 Å². The van der Waals surface area contributed by atoms with E-state index in [1.807, 2.05) is 0 Å². The monoisotopic (exact) mass is 283 g/mol. The molecular weight excluding hydrogens is 272 g/mol. The number of nitrogens with one attached hydrogen (secondary N) is 1. The van der Waals surface area contributed by atoms with Gasteiger partial charge in [0.25, 0.3) is 5.79 Å². The number of hydrogen-bond acceptors (Lipinski definition) is 5. The van der Waals surface area contributed by atoms with E-state index in [1.54, 1.807) is 24.3 Å². The molecule has 1 N–H and O–H groups in total. The average Bonchev–Trinajstić information content (AvgIpc) is 2.26. The van der Waals surface area contributed by atoms with Crippen molar-refractivity contribution < 1.29 is 19.1 Å². The van der Waals surface area contributed by atoms with Crippen LogP contribution in [0.25, 0.3) is 0 Å². The Morgan fingerprint density at radius 3 is 2.47 bits per heavy atom. The number of ether oxygens (including phenoxy) is 2. The number of carbonyl (C=O) groups is 2. The predicted molar refractivity (Wildman–Crippen MR) is 69.4 cm³/mol. The molecule has 1 fully saturated rings. The van der Waals surface area contributed by atoms with Gasteiger partial charge in [0.2, 0.25) is 0 Å². The van der Waals surface area contributed by atoms with Crippen LogP contribution in [0.3, 0.4) is 0 Å². The molecule has 0 spiro atoms. The van der Waals surface area contributed by atoms with Gasteiger partial charge in [0.05, 0.1) is 0 Å². The van der Waals surface area contributed by atoms with Crippen LogP contribution in [-0.2, 0) is 19.1 Å². The normalized spacial score (nSPS) is 17.5. The SMILES string of the molecule is CC1(C)OC(=O)[14C](=CNc2cccc(Cl)c2)C(=O)O1. The van der Waals surface area contributed by atoms with Crippen molar-refractivity contribution in [2.24, 2.45) is 0 Å².